The summed E-state index contributed by atoms with van der Waals surface area (Å²) < 4.78 is 5.84. The molecule has 1 aromatic heterocycles. The number of Topliss-reactive ketones (excluding diaryl/α,β-unsaturated/α-hetero) is 1. The van der Waals surface area contributed by atoms with E-state index in [0.29, 0.717) is 22.8 Å². The Kier molecular flexibility index (Phi) is 5.27. The fourth-order valence-corrected chi connectivity index (χ4v) is 4.11. The third kappa shape index (κ3) is 3.67. The Morgan fingerprint density at radius 1 is 0.968 bits per heavy atom. The van der Waals surface area contributed by atoms with Crippen LogP contribution < -0.4 is 4.90 Å². The van der Waals surface area contributed by atoms with E-state index in [1.54, 1.807) is 31.2 Å². The van der Waals surface area contributed by atoms with E-state index in [-0.39, 0.29) is 11.3 Å². The number of hydrogen-bond acceptors (Lipinski definition) is 4. The lowest BCUT2D eigenvalue weighted by molar-refractivity contribution is -0.132. The highest BCUT2D eigenvalue weighted by Crippen LogP contribution is 2.43. The van der Waals surface area contributed by atoms with Gasteiger partial charge in [-0.1, -0.05) is 37.3 Å². The Hall–Kier alpha value is -3.60. The number of anilines is 1. The van der Waals surface area contributed by atoms with Gasteiger partial charge in [0, 0.05) is 11.3 Å². The SMILES string of the molecule is CCc1ccc(/C(O)=C2/C(=O)C(=O)N(c3cc(C)cc(C)c3)C2c2ccc(C)o2)cc1. The Morgan fingerprint density at radius 3 is 2.16 bits per heavy atom. The zero-order chi connectivity index (χ0) is 22.3. The number of aliphatic hydroxyl groups is 1. The molecular weight excluding hydrogens is 390 g/mol. The van der Waals surface area contributed by atoms with Crippen LogP contribution in [0, 0.1) is 20.8 Å². The van der Waals surface area contributed by atoms with Crippen molar-refractivity contribution in [1.29, 1.82) is 0 Å². The van der Waals surface area contributed by atoms with Crippen molar-refractivity contribution >= 4 is 23.1 Å². The summed E-state index contributed by atoms with van der Waals surface area (Å²) in [5, 5.41) is 11.1. The average Bonchev–Trinajstić information content (AvgIpc) is 3.28. The average molecular weight is 415 g/mol. The number of furan rings is 1. The molecule has 0 spiro atoms. The maximum atomic E-state index is 13.2. The number of aliphatic hydroxyl groups excluding tert-OH is 1. The second-order valence-corrected chi connectivity index (χ2v) is 8.01. The van der Waals surface area contributed by atoms with E-state index in [0.717, 1.165) is 23.1 Å². The lowest BCUT2D eigenvalue weighted by Crippen LogP contribution is -2.29. The molecule has 1 unspecified atom stereocenters. The van der Waals surface area contributed by atoms with Crippen LogP contribution in [0.1, 0.15) is 46.7 Å². The van der Waals surface area contributed by atoms with Gasteiger partial charge in [-0.3, -0.25) is 14.5 Å². The molecule has 1 fully saturated rings. The van der Waals surface area contributed by atoms with E-state index in [1.807, 2.05) is 51.1 Å². The Bertz CT molecular complexity index is 1180. The molecule has 31 heavy (non-hydrogen) atoms. The smallest absolute Gasteiger partial charge is 0.300 e. The Labute approximate surface area is 181 Å². The fourth-order valence-electron chi connectivity index (χ4n) is 4.11. The van der Waals surface area contributed by atoms with Crippen molar-refractivity contribution in [2.45, 2.75) is 40.2 Å². The van der Waals surface area contributed by atoms with E-state index in [9.17, 15) is 14.7 Å². The van der Waals surface area contributed by atoms with Crippen LogP contribution in [0.5, 0.6) is 0 Å². The second-order valence-electron chi connectivity index (χ2n) is 8.01. The highest BCUT2D eigenvalue weighted by molar-refractivity contribution is 6.51. The first-order valence-corrected chi connectivity index (χ1v) is 10.3. The van der Waals surface area contributed by atoms with Gasteiger partial charge in [0.15, 0.2) is 0 Å². The summed E-state index contributed by atoms with van der Waals surface area (Å²) in [7, 11) is 0. The van der Waals surface area contributed by atoms with Crippen LogP contribution >= 0.6 is 0 Å². The molecule has 158 valence electrons. The largest absolute Gasteiger partial charge is 0.507 e. The second kappa shape index (κ2) is 7.91. The molecule has 1 aliphatic heterocycles. The summed E-state index contributed by atoms with van der Waals surface area (Å²) in [4.78, 5) is 27.7. The number of nitrogens with zero attached hydrogens (tertiary/aromatic N) is 1. The number of ketones is 1. The minimum atomic E-state index is -0.847. The van der Waals surface area contributed by atoms with E-state index in [2.05, 4.69) is 0 Å². The molecule has 1 atom stereocenters. The molecule has 4 rings (SSSR count). The molecule has 1 amide bonds. The van der Waals surface area contributed by atoms with Crippen LogP contribution in [0.25, 0.3) is 5.76 Å². The van der Waals surface area contributed by atoms with Gasteiger partial charge in [-0.25, -0.2) is 0 Å². The number of carbonyl (C=O) groups is 2. The van der Waals surface area contributed by atoms with Crippen molar-refractivity contribution in [2.75, 3.05) is 4.90 Å². The molecule has 0 bridgehead atoms. The Balaban J connectivity index is 1.93. The minimum absolute atomic E-state index is 0.0303. The van der Waals surface area contributed by atoms with Gasteiger partial charge >= 0.3 is 0 Å². The zero-order valence-corrected chi connectivity index (χ0v) is 18.1. The molecule has 2 heterocycles. The molecule has 0 saturated carbocycles. The summed E-state index contributed by atoms with van der Waals surface area (Å²) in [5.74, 6) is -0.520. The van der Waals surface area contributed by atoms with Crippen molar-refractivity contribution in [1.82, 2.24) is 0 Å². The van der Waals surface area contributed by atoms with Gasteiger partial charge in [-0.2, -0.15) is 0 Å². The molecule has 1 N–H and O–H groups in total. The maximum Gasteiger partial charge on any atom is 0.300 e. The molecule has 1 aliphatic rings. The summed E-state index contributed by atoms with van der Waals surface area (Å²) in [6, 6.07) is 15.7. The van der Waals surface area contributed by atoms with Gasteiger partial charge in [0.1, 0.15) is 23.3 Å². The van der Waals surface area contributed by atoms with Gasteiger partial charge in [-0.15, -0.1) is 0 Å². The number of amides is 1. The van der Waals surface area contributed by atoms with Crippen molar-refractivity contribution < 1.29 is 19.1 Å². The standard InChI is InChI=1S/C26H25NO4/c1-5-18-7-9-19(10-8-18)24(28)22-23(21-11-6-17(4)31-21)27(26(30)25(22)29)20-13-15(2)12-16(3)14-20/h6-14,23,28H,5H2,1-4H3/b24-22-. The molecule has 2 aromatic carbocycles. The predicted octanol–water partition coefficient (Wildman–Crippen LogP) is 5.39. The Morgan fingerprint density at radius 2 is 1.61 bits per heavy atom. The summed E-state index contributed by atoms with van der Waals surface area (Å²) >= 11 is 0. The van der Waals surface area contributed by atoms with Gasteiger partial charge in [0.2, 0.25) is 0 Å². The first-order chi connectivity index (χ1) is 14.8. The van der Waals surface area contributed by atoms with Crippen LogP contribution in [-0.2, 0) is 16.0 Å². The quantitative estimate of drug-likeness (QED) is 0.352. The molecule has 5 nitrogen and oxygen atoms in total. The normalized spacial score (nSPS) is 18.1. The number of carbonyl (C=O) groups excluding carboxylic acids is 2. The number of rotatable bonds is 4. The summed E-state index contributed by atoms with van der Waals surface area (Å²) in [6.45, 7) is 7.72. The van der Waals surface area contributed by atoms with E-state index in [1.165, 1.54) is 4.90 Å². The van der Waals surface area contributed by atoms with Gasteiger partial charge in [0.25, 0.3) is 11.7 Å². The fraction of sp³-hybridized carbons (Fsp3) is 0.231. The molecule has 5 heteroatoms. The van der Waals surface area contributed by atoms with Crippen LogP contribution in [0.3, 0.4) is 0 Å². The number of hydrogen-bond donors (Lipinski definition) is 1. The van der Waals surface area contributed by atoms with Gasteiger partial charge in [-0.05, 0) is 68.1 Å². The van der Waals surface area contributed by atoms with Gasteiger partial charge in [0.05, 0.1) is 5.57 Å². The third-order valence-electron chi connectivity index (χ3n) is 5.60. The first kappa shape index (κ1) is 20.7. The zero-order valence-electron chi connectivity index (χ0n) is 18.1. The topological polar surface area (TPSA) is 70.8 Å². The van der Waals surface area contributed by atoms with Crippen LogP contribution in [0.4, 0.5) is 5.69 Å². The van der Waals surface area contributed by atoms with Crippen molar-refractivity contribution in [3.63, 3.8) is 0 Å². The summed E-state index contributed by atoms with van der Waals surface area (Å²) in [5.41, 5.74) is 4.18. The van der Waals surface area contributed by atoms with Crippen LogP contribution in [0.2, 0.25) is 0 Å². The first-order valence-electron chi connectivity index (χ1n) is 10.3. The van der Waals surface area contributed by atoms with E-state index >= 15 is 0 Å². The lowest BCUT2D eigenvalue weighted by Gasteiger charge is -2.24. The highest BCUT2D eigenvalue weighted by atomic mass is 16.3. The van der Waals surface area contributed by atoms with E-state index < -0.39 is 17.7 Å². The van der Waals surface area contributed by atoms with Gasteiger partial charge < -0.3 is 9.52 Å². The number of aryl methyl sites for hydroxylation is 4. The van der Waals surface area contributed by atoms with Crippen molar-refractivity contribution in [3.05, 3.63) is 93.9 Å². The molecule has 0 aliphatic carbocycles. The van der Waals surface area contributed by atoms with Crippen molar-refractivity contribution in [2.24, 2.45) is 0 Å². The maximum absolute atomic E-state index is 13.2. The van der Waals surface area contributed by atoms with E-state index in [4.69, 9.17) is 4.42 Å². The molecule has 3 aromatic rings. The monoisotopic (exact) mass is 415 g/mol. The van der Waals surface area contributed by atoms with Crippen LogP contribution in [-0.4, -0.2) is 16.8 Å². The molecule has 1 saturated heterocycles. The van der Waals surface area contributed by atoms with Crippen molar-refractivity contribution in [3.8, 4) is 0 Å². The number of benzene rings is 2. The predicted molar refractivity (Wildman–Crippen MR) is 120 cm³/mol. The molecular formula is C26H25NO4. The minimum Gasteiger partial charge on any atom is -0.507 e. The third-order valence-corrected chi connectivity index (χ3v) is 5.60. The van der Waals surface area contributed by atoms with Crippen LogP contribution in [0.15, 0.2) is 64.6 Å². The lowest BCUT2D eigenvalue weighted by atomic mass is 9.98. The highest BCUT2D eigenvalue weighted by Gasteiger charge is 2.48. The summed E-state index contributed by atoms with van der Waals surface area (Å²) in [6.07, 6.45) is 0.865. The molecule has 0 radical (unpaired) electrons.